The Hall–Kier alpha value is -2.89. The fourth-order valence-electron chi connectivity index (χ4n) is 3.00. The van der Waals surface area contributed by atoms with Crippen molar-refractivity contribution < 1.29 is 35.3 Å². The first-order valence-corrected chi connectivity index (χ1v) is 11.7. The Balaban J connectivity index is 1.89. The number of aryl methyl sites for hydroxylation is 2. The van der Waals surface area contributed by atoms with Gasteiger partial charge in [0, 0.05) is 0 Å². The molecule has 2 aromatic carbocycles. The van der Waals surface area contributed by atoms with E-state index in [4.69, 9.17) is 0 Å². The molecular formula is C24H16F4IrN2. The van der Waals surface area contributed by atoms with E-state index in [-0.39, 0.29) is 11.1 Å². The van der Waals surface area contributed by atoms with E-state index in [9.17, 15) is 17.6 Å². The maximum absolute atomic E-state index is 14.8. The van der Waals surface area contributed by atoms with Crippen molar-refractivity contribution in [2.24, 2.45) is 0 Å². The Morgan fingerprint density at radius 1 is 0.613 bits per heavy atom. The number of pyridine rings is 2. The third-order valence-corrected chi connectivity index (χ3v) is 7.67. The van der Waals surface area contributed by atoms with E-state index in [1.54, 1.807) is 36.7 Å². The van der Waals surface area contributed by atoms with Crippen LogP contribution in [0, 0.1) is 37.1 Å². The number of nitrogens with zero attached hydrogens (tertiary/aromatic N) is 2. The van der Waals surface area contributed by atoms with Crippen LogP contribution in [-0.2, 0) is 17.7 Å². The van der Waals surface area contributed by atoms with Crippen LogP contribution in [0.3, 0.4) is 0 Å². The predicted molar refractivity (Wildman–Crippen MR) is 108 cm³/mol. The van der Waals surface area contributed by atoms with Crippen LogP contribution in [-0.4, -0.2) is 9.97 Å². The summed E-state index contributed by atoms with van der Waals surface area (Å²) in [5, 5.41) is 0. The van der Waals surface area contributed by atoms with Gasteiger partial charge in [0.2, 0.25) is 0 Å². The SMILES string of the molecule is Cc1ccc(-c2c(F)cc(F)c[c]2[Ir][c]2cc(F)cc(F)c2-c2ccc(C)cn2)nc1. The minimum atomic E-state index is -1.56. The first-order valence-electron chi connectivity index (χ1n) is 9.26. The van der Waals surface area contributed by atoms with E-state index in [1.807, 2.05) is 13.8 Å². The summed E-state index contributed by atoms with van der Waals surface area (Å²) in [6, 6.07) is 10.9. The Bertz CT molecular complexity index is 1160. The molecule has 0 aliphatic rings. The third-order valence-electron chi connectivity index (χ3n) is 4.49. The summed E-state index contributed by atoms with van der Waals surface area (Å²) in [6.45, 7) is 3.70. The molecule has 0 amide bonds. The zero-order chi connectivity index (χ0) is 22.1. The zero-order valence-electron chi connectivity index (χ0n) is 16.5. The van der Waals surface area contributed by atoms with Crippen molar-refractivity contribution in [1.82, 2.24) is 9.97 Å². The van der Waals surface area contributed by atoms with Crippen LogP contribution in [0.1, 0.15) is 11.1 Å². The average Bonchev–Trinajstić information content (AvgIpc) is 2.69. The van der Waals surface area contributed by atoms with E-state index in [2.05, 4.69) is 9.97 Å². The Labute approximate surface area is 185 Å². The zero-order valence-corrected chi connectivity index (χ0v) is 18.9. The monoisotopic (exact) mass is 601 g/mol. The molecule has 159 valence electrons. The van der Waals surface area contributed by atoms with Crippen molar-refractivity contribution in [3.8, 4) is 22.5 Å². The minimum absolute atomic E-state index is 0.147. The van der Waals surface area contributed by atoms with Crippen LogP contribution in [0.2, 0.25) is 0 Å². The van der Waals surface area contributed by atoms with Crippen molar-refractivity contribution in [2.45, 2.75) is 13.8 Å². The average molecular weight is 601 g/mol. The van der Waals surface area contributed by atoms with E-state index < -0.39 is 41.0 Å². The number of hydrogen-bond donors (Lipinski definition) is 0. The van der Waals surface area contributed by atoms with E-state index >= 15 is 0 Å². The molecule has 2 heterocycles. The van der Waals surface area contributed by atoms with Gasteiger partial charge in [-0.15, -0.1) is 0 Å². The predicted octanol–water partition coefficient (Wildman–Crippen LogP) is 5.02. The second kappa shape index (κ2) is 8.69. The van der Waals surface area contributed by atoms with Crippen molar-refractivity contribution in [1.29, 1.82) is 0 Å². The molecule has 4 rings (SSSR count). The van der Waals surface area contributed by atoms with Gasteiger partial charge in [-0.2, -0.15) is 0 Å². The summed E-state index contributed by atoms with van der Waals surface area (Å²) in [5.41, 5.74) is 2.76. The number of aromatic nitrogens is 2. The molecule has 4 aromatic rings. The summed E-state index contributed by atoms with van der Waals surface area (Å²) in [7, 11) is 0. The van der Waals surface area contributed by atoms with E-state index in [0.29, 0.717) is 19.5 Å². The van der Waals surface area contributed by atoms with Crippen LogP contribution in [0.4, 0.5) is 17.6 Å². The topological polar surface area (TPSA) is 25.8 Å². The van der Waals surface area contributed by atoms with Crippen LogP contribution in [0.5, 0.6) is 0 Å². The molecule has 0 aliphatic heterocycles. The van der Waals surface area contributed by atoms with Crippen molar-refractivity contribution in [3.63, 3.8) is 0 Å². The van der Waals surface area contributed by atoms with Crippen LogP contribution in [0.15, 0.2) is 60.9 Å². The summed E-state index contributed by atoms with van der Waals surface area (Å²) in [5.74, 6) is -3.03. The summed E-state index contributed by atoms with van der Waals surface area (Å²) < 4.78 is 58.6. The van der Waals surface area contributed by atoms with Gasteiger partial charge < -0.3 is 0 Å². The Morgan fingerprint density at radius 2 is 1.03 bits per heavy atom. The summed E-state index contributed by atoms with van der Waals surface area (Å²) in [6.07, 6.45) is 3.18. The molecule has 0 N–H and O–H groups in total. The Kier molecular flexibility index (Phi) is 5.99. The van der Waals surface area contributed by atoms with Crippen LogP contribution < -0.4 is 8.15 Å². The molecular weight excluding hydrogens is 584 g/mol. The molecule has 2 nitrogen and oxygen atoms in total. The molecule has 0 aliphatic carbocycles. The van der Waals surface area contributed by atoms with Gasteiger partial charge in [-0.1, -0.05) is 0 Å². The van der Waals surface area contributed by atoms with Gasteiger partial charge in [0.25, 0.3) is 0 Å². The molecule has 0 bridgehead atoms. The second-order valence-corrected chi connectivity index (χ2v) is 10.1. The van der Waals surface area contributed by atoms with Gasteiger partial charge in [0.1, 0.15) is 0 Å². The number of hydrogen-bond acceptors (Lipinski definition) is 2. The molecule has 7 heteroatoms. The van der Waals surface area contributed by atoms with Crippen molar-refractivity contribution in [3.05, 3.63) is 95.3 Å². The number of rotatable bonds is 4. The maximum atomic E-state index is 14.8. The summed E-state index contributed by atoms with van der Waals surface area (Å²) in [4.78, 5) is 8.53. The fraction of sp³-hybridized carbons (Fsp3) is 0.0833. The van der Waals surface area contributed by atoms with Gasteiger partial charge in [-0.25, -0.2) is 0 Å². The molecule has 0 spiro atoms. The first kappa shape index (κ1) is 21.3. The standard InChI is InChI=1S/2C12H8F2N.Ir/c2*1-8-2-5-12(15-7-8)10-4-3-9(13)6-11(10)14;/h2*2-3,5-7H,1H3;. The summed E-state index contributed by atoms with van der Waals surface area (Å²) >= 11 is -1.56. The van der Waals surface area contributed by atoms with Crippen molar-refractivity contribution >= 4 is 8.15 Å². The van der Waals surface area contributed by atoms with Gasteiger partial charge >= 0.3 is 185 Å². The number of halogens is 4. The molecule has 0 saturated heterocycles. The van der Waals surface area contributed by atoms with Gasteiger partial charge in [0.15, 0.2) is 0 Å². The quantitative estimate of drug-likeness (QED) is 0.308. The molecule has 0 atom stereocenters. The van der Waals surface area contributed by atoms with E-state index in [0.717, 1.165) is 23.3 Å². The fourth-order valence-corrected chi connectivity index (χ4v) is 6.48. The van der Waals surface area contributed by atoms with E-state index in [1.165, 1.54) is 12.1 Å². The van der Waals surface area contributed by atoms with Gasteiger partial charge in [0.05, 0.1) is 0 Å². The molecule has 0 saturated carbocycles. The second-order valence-electron chi connectivity index (χ2n) is 6.97. The molecule has 0 fully saturated rings. The molecule has 31 heavy (non-hydrogen) atoms. The van der Waals surface area contributed by atoms with Gasteiger partial charge in [-0.3, -0.25) is 0 Å². The first-order chi connectivity index (χ1) is 14.8. The Morgan fingerprint density at radius 3 is 1.39 bits per heavy atom. The molecule has 2 aromatic heterocycles. The van der Waals surface area contributed by atoms with Crippen molar-refractivity contribution in [2.75, 3.05) is 0 Å². The van der Waals surface area contributed by atoms with Gasteiger partial charge in [-0.05, 0) is 0 Å². The molecule has 0 radical (unpaired) electrons. The van der Waals surface area contributed by atoms with Crippen LogP contribution in [0.25, 0.3) is 22.5 Å². The number of benzene rings is 2. The molecule has 0 unspecified atom stereocenters. The normalized spacial score (nSPS) is 11.2. The van der Waals surface area contributed by atoms with Crippen LogP contribution >= 0.6 is 0 Å². The third kappa shape index (κ3) is 4.58.